The maximum atomic E-state index is 5.27. The summed E-state index contributed by atoms with van der Waals surface area (Å²) >= 11 is 0. The molecule has 1 aromatic rings. The van der Waals surface area contributed by atoms with Gasteiger partial charge >= 0.3 is 0 Å². The first-order chi connectivity index (χ1) is 6.43. The van der Waals surface area contributed by atoms with Crippen LogP contribution in [0.15, 0.2) is 18.2 Å². The molecule has 1 unspecified atom stereocenters. The predicted molar refractivity (Wildman–Crippen MR) is 51.9 cm³/mol. The van der Waals surface area contributed by atoms with Crippen molar-refractivity contribution in [2.24, 2.45) is 0 Å². The van der Waals surface area contributed by atoms with E-state index in [4.69, 9.17) is 4.74 Å². The molecule has 0 aromatic heterocycles. The lowest BCUT2D eigenvalue weighted by Gasteiger charge is -2.05. The highest BCUT2D eigenvalue weighted by Crippen LogP contribution is 2.28. The molecular formula is C12H14O. The van der Waals surface area contributed by atoms with Crippen molar-refractivity contribution in [3.63, 3.8) is 0 Å². The highest BCUT2D eigenvalue weighted by Gasteiger charge is 2.25. The zero-order valence-electron chi connectivity index (χ0n) is 7.75. The maximum Gasteiger partial charge on any atom is 0.0850 e. The van der Waals surface area contributed by atoms with Gasteiger partial charge < -0.3 is 4.74 Å². The predicted octanol–water partition coefficient (Wildman–Crippen LogP) is 2.12. The number of hydrogen-bond acceptors (Lipinski definition) is 1. The van der Waals surface area contributed by atoms with E-state index in [1.807, 2.05) is 0 Å². The summed E-state index contributed by atoms with van der Waals surface area (Å²) in [6.07, 6.45) is 5.60. The lowest BCUT2D eigenvalue weighted by molar-refractivity contribution is 0.407. The lowest BCUT2D eigenvalue weighted by atomic mass is 10.00. The maximum absolute atomic E-state index is 5.27. The van der Waals surface area contributed by atoms with Gasteiger partial charge in [-0.1, -0.05) is 18.2 Å². The molecule has 13 heavy (non-hydrogen) atoms. The van der Waals surface area contributed by atoms with Crippen molar-refractivity contribution in [2.75, 3.05) is 6.61 Å². The lowest BCUT2D eigenvalue weighted by Crippen LogP contribution is -1.98. The summed E-state index contributed by atoms with van der Waals surface area (Å²) in [4.78, 5) is 0. The fraction of sp³-hybridized carbons (Fsp3) is 0.500. The molecular weight excluding hydrogens is 160 g/mol. The summed E-state index contributed by atoms with van der Waals surface area (Å²) in [5.74, 6) is 0. The second-order valence-corrected chi connectivity index (χ2v) is 4.07. The molecule has 0 bridgehead atoms. The van der Waals surface area contributed by atoms with Gasteiger partial charge in [0.05, 0.1) is 12.7 Å². The quantitative estimate of drug-likeness (QED) is 0.626. The topological polar surface area (TPSA) is 12.5 Å². The Kier molecular flexibility index (Phi) is 1.66. The minimum Gasteiger partial charge on any atom is -0.373 e. The number of rotatable bonds is 2. The molecule has 1 heteroatoms. The molecule has 2 aliphatic rings. The van der Waals surface area contributed by atoms with Crippen molar-refractivity contribution in [1.29, 1.82) is 0 Å². The number of fused-ring (bicyclic) bond motifs is 1. The van der Waals surface area contributed by atoms with Crippen LogP contribution in [0.5, 0.6) is 0 Å². The molecule has 1 saturated heterocycles. The standard InChI is InChI=1S/C12H14O/c1-3-9-4-2-6-12(9)10(5-1)7-11-8-13-11/h1,3,5,11H,2,4,6-8H2. The van der Waals surface area contributed by atoms with Gasteiger partial charge in [0, 0.05) is 6.42 Å². The van der Waals surface area contributed by atoms with Gasteiger partial charge in [0.25, 0.3) is 0 Å². The summed E-state index contributed by atoms with van der Waals surface area (Å²) in [6, 6.07) is 6.74. The second-order valence-electron chi connectivity index (χ2n) is 4.07. The fourth-order valence-electron chi connectivity index (χ4n) is 2.32. The molecule has 68 valence electrons. The van der Waals surface area contributed by atoms with Crippen LogP contribution in [0.4, 0.5) is 0 Å². The van der Waals surface area contributed by atoms with Gasteiger partial charge in [0.1, 0.15) is 0 Å². The van der Waals surface area contributed by atoms with Crippen molar-refractivity contribution < 1.29 is 4.74 Å². The Morgan fingerprint density at radius 3 is 3.08 bits per heavy atom. The van der Waals surface area contributed by atoms with E-state index >= 15 is 0 Å². The molecule has 1 fully saturated rings. The van der Waals surface area contributed by atoms with E-state index in [9.17, 15) is 0 Å². The summed E-state index contributed by atoms with van der Waals surface area (Å²) < 4.78 is 5.27. The molecule has 0 saturated carbocycles. The summed E-state index contributed by atoms with van der Waals surface area (Å²) in [6.45, 7) is 0.976. The third kappa shape index (κ3) is 1.37. The molecule has 0 spiro atoms. The van der Waals surface area contributed by atoms with Gasteiger partial charge in [-0.2, -0.15) is 0 Å². The van der Waals surface area contributed by atoms with Gasteiger partial charge in [-0.05, 0) is 36.0 Å². The van der Waals surface area contributed by atoms with Crippen LogP contribution in [0.25, 0.3) is 0 Å². The average molecular weight is 174 g/mol. The third-order valence-corrected chi connectivity index (χ3v) is 3.09. The number of hydrogen-bond donors (Lipinski definition) is 0. The van der Waals surface area contributed by atoms with E-state index in [0.717, 1.165) is 13.0 Å². The SMILES string of the molecule is c1cc2c(c(CC3CO3)c1)CCC2. The van der Waals surface area contributed by atoms with Gasteiger partial charge in [-0.3, -0.25) is 0 Å². The van der Waals surface area contributed by atoms with E-state index in [2.05, 4.69) is 18.2 Å². The molecule has 0 amide bonds. The Labute approximate surface area is 78.7 Å². The van der Waals surface area contributed by atoms with Crippen molar-refractivity contribution in [3.8, 4) is 0 Å². The Morgan fingerprint density at radius 1 is 1.31 bits per heavy atom. The minimum absolute atomic E-state index is 0.534. The van der Waals surface area contributed by atoms with Crippen LogP contribution < -0.4 is 0 Å². The van der Waals surface area contributed by atoms with Gasteiger partial charge in [0.2, 0.25) is 0 Å². The first-order valence-electron chi connectivity index (χ1n) is 5.15. The van der Waals surface area contributed by atoms with Crippen molar-refractivity contribution >= 4 is 0 Å². The zero-order chi connectivity index (χ0) is 8.67. The molecule has 3 rings (SSSR count). The fourth-order valence-corrected chi connectivity index (χ4v) is 2.32. The highest BCUT2D eigenvalue weighted by molar-refractivity contribution is 5.39. The Balaban J connectivity index is 1.94. The van der Waals surface area contributed by atoms with Gasteiger partial charge in [0.15, 0.2) is 0 Å². The summed E-state index contributed by atoms with van der Waals surface area (Å²) in [5.41, 5.74) is 4.74. The molecule has 1 nitrogen and oxygen atoms in total. The van der Waals surface area contributed by atoms with Gasteiger partial charge in [-0.15, -0.1) is 0 Å². The van der Waals surface area contributed by atoms with E-state index in [-0.39, 0.29) is 0 Å². The summed E-state index contributed by atoms with van der Waals surface area (Å²) in [7, 11) is 0. The molecule has 1 heterocycles. The number of epoxide rings is 1. The monoisotopic (exact) mass is 174 g/mol. The Bertz CT molecular complexity index is 326. The molecule has 1 aliphatic heterocycles. The van der Waals surface area contributed by atoms with Gasteiger partial charge in [-0.25, -0.2) is 0 Å². The first kappa shape index (κ1) is 7.57. The van der Waals surface area contributed by atoms with Crippen LogP contribution in [0.2, 0.25) is 0 Å². The average Bonchev–Trinajstić information content (AvgIpc) is 2.83. The third-order valence-electron chi connectivity index (χ3n) is 3.09. The highest BCUT2D eigenvalue weighted by atomic mass is 16.6. The van der Waals surface area contributed by atoms with Crippen molar-refractivity contribution in [2.45, 2.75) is 31.8 Å². The smallest absolute Gasteiger partial charge is 0.0850 e. The molecule has 0 N–H and O–H groups in total. The van der Waals surface area contributed by atoms with Crippen LogP contribution in [0.1, 0.15) is 23.1 Å². The largest absolute Gasteiger partial charge is 0.373 e. The number of aryl methyl sites for hydroxylation is 1. The summed E-state index contributed by atoms with van der Waals surface area (Å²) in [5, 5.41) is 0. The van der Waals surface area contributed by atoms with E-state index in [0.29, 0.717) is 6.10 Å². The minimum atomic E-state index is 0.534. The molecule has 1 aromatic carbocycles. The first-order valence-corrected chi connectivity index (χ1v) is 5.15. The molecule has 1 atom stereocenters. The second kappa shape index (κ2) is 2.85. The number of benzene rings is 1. The normalized spacial score (nSPS) is 24.5. The van der Waals surface area contributed by atoms with E-state index in [1.165, 1.54) is 24.8 Å². The van der Waals surface area contributed by atoms with Crippen molar-refractivity contribution in [3.05, 3.63) is 34.9 Å². The van der Waals surface area contributed by atoms with E-state index in [1.54, 1.807) is 11.1 Å². The van der Waals surface area contributed by atoms with Crippen LogP contribution in [0, 0.1) is 0 Å². The Morgan fingerprint density at radius 2 is 2.23 bits per heavy atom. The van der Waals surface area contributed by atoms with Crippen LogP contribution in [0.3, 0.4) is 0 Å². The van der Waals surface area contributed by atoms with Crippen LogP contribution in [-0.4, -0.2) is 12.7 Å². The van der Waals surface area contributed by atoms with Crippen LogP contribution >= 0.6 is 0 Å². The number of ether oxygens (including phenoxy) is 1. The zero-order valence-corrected chi connectivity index (χ0v) is 7.75. The van der Waals surface area contributed by atoms with Crippen molar-refractivity contribution in [1.82, 2.24) is 0 Å². The van der Waals surface area contributed by atoms with E-state index < -0.39 is 0 Å². The molecule has 1 aliphatic carbocycles. The Hall–Kier alpha value is -0.820. The van der Waals surface area contributed by atoms with Crippen LogP contribution in [-0.2, 0) is 24.0 Å². The molecule has 0 radical (unpaired) electrons.